The van der Waals surface area contributed by atoms with Crippen LogP contribution in [0.5, 0.6) is 11.5 Å². The molecule has 2 atom stereocenters. The van der Waals surface area contributed by atoms with Crippen molar-refractivity contribution in [2.45, 2.75) is 18.6 Å². The summed E-state index contributed by atoms with van der Waals surface area (Å²) in [6.07, 6.45) is 0.249. The predicted molar refractivity (Wildman–Crippen MR) is 127 cm³/mol. The lowest BCUT2D eigenvalue weighted by atomic mass is 10.0. The lowest BCUT2D eigenvalue weighted by Gasteiger charge is -2.35. The quantitative estimate of drug-likeness (QED) is 0.424. The number of alkyl halides is 1. The number of aromatic nitrogens is 2. The number of ether oxygens (including phenoxy) is 1. The Morgan fingerprint density at radius 1 is 1.15 bits per heavy atom. The summed E-state index contributed by atoms with van der Waals surface area (Å²) in [6.45, 7) is 3.56. The number of rotatable bonds is 6. The molecule has 3 aromatic rings. The fraction of sp³-hybridized carbons (Fsp3) is 0.200. The van der Waals surface area contributed by atoms with Gasteiger partial charge in [0.05, 0.1) is 12.1 Å². The standard InChI is InChI=1S/C25H23FN6O2/c1-16(12-27)25(33)32-13-18(26)11-19(14-32)31-24-22(23(28)29-15-30-24)17-7-9-21(10-8-17)34-20-5-3-2-4-6-20/h2-10,15,18-19H,1,11,13-14H2,(H3,28,29,30,31)/t18-,19-/m0/s1. The van der Waals surface area contributed by atoms with Crippen molar-refractivity contribution in [3.63, 3.8) is 0 Å². The molecule has 1 fully saturated rings. The highest BCUT2D eigenvalue weighted by Crippen LogP contribution is 2.33. The lowest BCUT2D eigenvalue weighted by Crippen LogP contribution is -2.50. The Bertz CT molecular complexity index is 1230. The van der Waals surface area contributed by atoms with E-state index in [4.69, 9.17) is 15.7 Å². The van der Waals surface area contributed by atoms with Gasteiger partial charge in [-0.05, 0) is 29.8 Å². The summed E-state index contributed by atoms with van der Waals surface area (Å²) in [6, 6.07) is 18.0. The fourth-order valence-electron chi connectivity index (χ4n) is 3.85. The summed E-state index contributed by atoms with van der Waals surface area (Å²) in [4.78, 5) is 22.0. The number of carbonyl (C=O) groups excluding carboxylic acids is 1. The highest BCUT2D eigenvalue weighted by molar-refractivity contribution is 5.96. The maximum Gasteiger partial charge on any atom is 0.264 e. The van der Waals surface area contributed by atoms with E-state index in [0.717, 1.165) is 11.3 Å². The summed E-state index contributed by atoms with van der Waals surface area (Å²) in [5.74, 6) is 1.48. The molecule has 0 aliphatic carbocycles. The monoisotopic (exact) mass is 458 g/mol. The van der Waals surface area contributed by atoms with Crippen LogP contribution in [0, 0.1) is 11.3 Å². The van der Waals surface area contributed by atoms with Crippen LogP contribution >= 0.6 is 0 Å². The third kappa shape index (κ3) is 5.13. The van der Waals surface area contributed by atoms with Crippen LogP contribution in [0.1, 0.15) is 6.42 Å². The van der Waals surface area contributed by atoms with Crippen LogP contribution in [-0.4, -0.2) is 46.1 Å². The van der Waals surface area contributed by atoms with E-state index in [1.807, 2.05) is 54.6 Å². The summed E-state index contributed by atoms with van der Waals surface area (Å²) >= 11 is 0. The highest BCUT2D eigenvalue weighted by atomic mass is 19.1. The van der Waals surface area contributed by atoms with Crippen molar-refractivity contribution in [1.29, 1.82) is 5.26 Å². The van der Waals surface area contributed by atoms with Gasteiger partial charge in [-0.25, -0.2) is 14.4 Å². The summed E-state index contributed by atoms with van der Waals surface area (Å²) in [5, 5.41) is 12.2. The minimum Gasteiger partial charge on any atom is -0.457 e. The van der Waals surface area contributed by atoms with Crippen LogP contribution in [0.2, 0.25) is 0 Å². The van der Waals surface area contributed by atoms with Crippen LogP contribution < -0.4 is 15.8 Å². The molecule has 1 aliphatic heterocycles. The number of nitrogen functional groups attached to an aromatic ring is 1. The highest BCUT2D eigenvalue weighted by Gasteiger charge is 2.31. The molecule has 0 saturated carbocycles. The number of nitrogens with zero attached hydrogens (tertiary/aromatic N) is 4. The zero-order chi connectivity index (χ0) is 24.1. The number of nitrogens with two attached hydrogens (primary N) is 1. The molecule has 34 heavy (non-hydrogen) atoms. The first-order valence-electron chi connectivity index (χ1n) is 10.7. The van der Waals surface area contributed by atoms with Crippen molar-refractivity contribution in [2.75, 3.05) is 24.1 Å². The average molecular weight is 458 g/mol. The number of nitrogens with one attached hydrogen (secondary N) is 1. The number of piperidine rings is 1. The molecule has 1 aliphatic rings. The van der Waals surface area contributed by atoms with Crippen LogP contribution in [-0.2, 0) is 4.79 Å². The number of nitriles is 1. The molecular weight excluding hydrogens is 435 g/mol. The van der Waals surface area contributed by atoms with Crippen molar-refractivity contribution in [3.8, 4) is 28.7 Å². The van der Waals surface area contributed by atoms with Gasteiger partial charge in [0.2, 0.25) is 0 Å². The molecule has 1 saturated heterocycles. The molecule has 2 aromatic carbocycles. The van der Waals surface area contributed by atoms with E-state index >= 15 is 0 Å². The number of para-hydroxylation sites is 1. The predicted octanol–water partition coefficient (Wildman–Crippen LogP) is 3.95. The molecular formula is C25H23FN6O2. The first kappa shape index (κ1) is 22.7. The van der Waals surface area contributed by atoms with E-state index < -0.39 is 18.1 Å². The molecule has 1 amide bonds. The molecule has 0 radical (unpaired) electrons. The number of halogens is 1. The Labute approximate surface area is 196 Å². The number of likely N-dealkylation sites (tertiary alicyclic amines) is 1. The smallest absolute Gasteiger partial charge is 0.264 e. The van der Waals surface area contributed by atoms with Crippen LogP contribution in [0.25, 0.3) is 11.1 Å². The number of amides is 1. The van der Waals surface area contributed by atoms with E-state index in [0.29, 0.717) is 17.1 Å². The Morgan fingerprint density at radius 2 is 1.85 bits per heavy atom. The number of benzene rings is 2. The topological polar surface area (TPSA) is 117 Å². The molecule has 0 unspecified atom stereocenters. The molecule has 4 rings (SSSR count). The first-order valence-corrected chi connectivity index (χ1v) is 10.7. The van der Waals surface area contributed by atoms with Gasteiger partial charge in [-0.1, -0.05) is 36.9 Å². The molecule has 0 spiro atoms. The molecule has 2 heterocycles. The molecule has 3 N–H and O–H groups in total. The van der Waals surface area contributed by atoms with Gasteiger partial charge in [0, 0.05) is 19.0 Å². The van der Waals surface area contributed by atoms with Gasteiger partial charge in [0.15, 0.2) is 0 Å². The van der Waals surface area contributed by atoms with E-state index in [2.05, 4.69) is 21.9 Å². The van der Waals surface area contributed by atoms with Gasteiger partial charge in [-0.15, -0.1) is 0 Å². The Hall–Kier alpha value is -4.45. The van der Waals surface area contributed by atoms with Crippen molar-refractivity contribution in [1.82, 2.24) is 14.9 Å². The van der Waals surface area contributed by atoms with Gasteiger partial charge < -0.3 is 20.7 Å². The van der Waals surface area contributed by atoms with Gasteiger partial charge in [-0.2, -0.15) is 5.26 Å². The van der Waals surface area contributed by atoms with Crippen molar-refractivity contribution >= 4 is 17.5 Å². The lowest BCUT2D eigenvalue weighted by molar-refractivity contribution is -0.128. The van der Waals surface area contributed by atoms with E-state index in [-0.39, 0.29) is 30.9 Å². The fourth-order valence-corrected chi connectivity index (χ4v) is 3.85. The molecule has 0 bridgehead atoms. The van der Waals surface area contributed by atoms with Gasteiger partial charge in [0.1, 0.15) is 47.3 Å². The molecule has 8 nitrogen and oxygen atoms in total. The maximum absolute atomic E-state index is 14.4. The summed E-state index contributed by atoms with van der Waals surface area (Å²) < 4.78 is 20.3. The number of carbonyl (C=O) groups is 1. The van der Waals surface area contributed by atoms with Crippen molar-refractivity contribution in [3.05, 3.63) is 73.1 Å². The van der Waals surface area contributed by atoms with Crippen LogP contribution in [0.15, 0.2) is 73.1 Å². The molecule has 9 heteroatoms. The normalized spacial score (nSPS) is 17.5. The van der Waals surface area contributed by atoms with Crippen LogP contribution in [0.3, 0.4) is 0 Å². The van der Waals surface area contributed by atoms with Gasteiger partial charge in [-0.3, -0.25) is 4.79 Å². The largest absolute Gasteiger partial charge is 0.457 e. The number of hydrogen-bond acceptors (Lipinski definition) is 7. The van der Waals surface area contributed by atoms with Crippen molar-refractivity contribution in [2.24, 2.45) is 0 Å². The zero-order valence-corrected chi connectivity index (χ0v) is 18.3. The SMILES string of the molecule is C=C(C#N)C(=O)N1C[C@@H](F)C[C@H](Nc2ncnc(N)c2-c2ccc(Oc3ccccc3)cc2)C1. The third-order valence-corrected chi connectivity index (χ3v) is 5.42. The van der Waals surface area contributed by atoms with Gasteiger partial charge in [0.25, 0.3) is 5.91 Å². The summed E-state index contributed by atoms with van der Waals surface area (Å²) in [5.41, 5.74) is 7.26. The average Bonchev–Trinajstić information content (AvgIpc) is 2.84. The Morgan fingerprint density at radius 3 is 2.56 bits per heavy atom. The van der Waals surface area contributed by atoms with Crippen LogP contribution in [0.4, 0.5) is 16.0 Å². The zero-order valence-electron chi connectivity index (χ0n) is 18.3. The first-order chi connectivity index (χ1) is 16.4. The number of hydrogen-bond donors (Lipinski definition) is 2. The minimum absolute atomic E-state index is 0.0840. The Balaban J connectivity index is 1.54. The van der Waals surface area contributed by atoms with E-state index in [1.54, 1.807) is 6.07 Å². The Kier molecular flexibility index (Phi) is 6.69. The maximum atomic E-state index is 14.4. The third-order valence-electron chi connectivity index (χ3n) is 5.42. The molecule has 172 valence electrons. The molecule has 1 aromatic heterocycles. The van der Waals surface area contributed by atoms with E-state index in [9.17, 15) is 9.18 Å². The van der Waals surface area contributed by atoms with Gasteiger partial charge >= 0.3 is 0 Å². The minimum atomic E-state index is -1.25. The second-order valence-electron chi connectivity index (χ2n) is 7.90. The van der Waals surface area contributed by atoms with Crippen molar-refractivity contribution < 1.29 is 13.9 Å². The number of anilines is 2. The second kappa shape index (κ2) is 10.0. The van der Waals surface area contributed by atoms with E-state index in [1.165, 1.54) is 11.2 Å². The summed E-state index contributed by atoms with van der Waals surface area (Å²) in [7, 11) is 0. The second-order valence-corrected chi connectivity index (χ2v) is 7.90.